The molecule has 2 N–H and O–H groups in total. The van der Waals surface area contributed by atoms with Gasteiger partial charge in [0.05, 0.1) is 17.0 Å². The molecule has 0 bridgehead atoms. The summed E-state index contributed by atoms with van der Waals surface area (Å²) in [4.78, 5) is 21.5. The van der Waals surface area contributed by atoms with Crippen LogP contribution in [0.25, 0.3) is 17.0 Å². The summed E-state index contributed by atoms with van der Waals surface area (Å²) in [5, 5.41) is 13.7. The Morgan fingerprint density at radius 1 is 1.21 bits per heavy atom. The van der Waals surface area contributed by atoms with Gasteiger partial charge in [0.15, 0.2) is 5.17 Å². The molecule has 1 fully saturated rings. The first-order valence-electron chi connectivity index (χ1n) is 8.62. The SMILES string of the molecule is O=C1NC(=NC(CO)c2ccc(F)cc2)S/C1=C\c1ccc2ncccc2c1. The van der Waals surface area contributed by atoms with E-state index in [9.17, 15) is 14.3 Å². The van der Waals surface area contributed by atoms with Crippen molar-refractivity contribution in [3.63, 3.8) is 0 Å². The molecule has 5 nitrogen and oxygen atoms in total. The van der Waals surface area contributed by atoms with Crippen LogP contribution in [-0.4, -0.2) is 27.8 Å². The van der Waals surface area contributed by atoms with Crippen molar-refractivity contribution < 1.29 is 14.3 Å². The number of halogens is 1. The minimum Gasteiger partial charge on any atom is -0.394 e. The first-order valence-corrected chi connectivity index (χ1v) is 9.44. The summed E-state index contributed by atoms with van der Waals surface area (Å²) < 4.78 is 13.1. The number of pyridine rings is 1. The second-order valence-electron chi connectivity index (χ2n) is 6.20. The molecule has 1 unspecified atom stereocenters. The first-order chi connectivity index (χ1) is 13.6. The van der Waals surface area contributed by atoms with E-state index in [0.717, 1.165) is 16.5 Å². The number of fused-ring (bicyclic) bond motifs is 1. The summed E-state index contributed by atoms with van der Waals surface area (Å²) in [6, 6.07) is 14.8. The van der Waals surface area contributed by atoms with E-state index in [1.165, 1.54) is 23.9 Å². The van der Waals surface area contributed by atoms with Crippen LogP contribution in [0, 0.1) is 5.82 Å². The predicted octanol–water partition coefficient (Wildman–Crippen LogP) is 3.67. The van der Waals surface area contributed by atoms with Crippen LogP contribution in [0.3, 0.4) is 0 Å². The Labute approximate surface area is 165 Å². The molecule has 1 aromatic heterocycles. The first kappa shape index (κ1) is 18.3. The summed E-state index contributed by atoms with van der Waals surface area (Å²) in [7, 11) is 0. The topological polar surface area (TPSA) is 74.6 Å². The second kappa shape index (κ2) is 7.92. The van der Waals surface area contributed by atoms with Crippen LogP contribution in [0.5, 0.6) is 0 Å². The van der Waals surface area contributed by atoms with E-state index in [1.807, 2.05) is 30.3 Å². The molecule has 4 rings (SSSR count). The fourth-order valence-corrected chi connectivity index (χ4v) is 3.74. The molecular weight excluding hydrogens is 377 g/mol. The Bertz CT molecular complexity index is 1100. The maximum atomic E-state index is 13.1. The van der Waals surface area contributed by atoms with E-state index in [2.05, 4.69) is 15.3 Å². The monoisotopic (exact) mass is 393 g/mol. The van der Waals surface area contributed by atoms with Crippen molar-refractivity contribution >= 4 is 39.8 Å². The number of nitrogens with one attached hydrogen (secondary N) is 1. The number of hydrogen-bond acceptors (Lipinski definition) is 5. The highest BCUT2D eigenvalue weighted by Crippen LogP contribution is 2.29. The molecule has 140 valence electrons. The third kappa shape index (κ3) is 3.95. The molecule has 1 atom stereocenters. The molecule has 0 saturated carbocycles. The maximum Gasteiger partial charge on any atom is 0.264 e. The average Bonchev–Trinajstić information content (AvgIpc) is 3.05. The number of aliphatic hydroxyl groups is 1. The molecule has 1 saturated heterocycles. The zero-order chi connectivity index (χ0) is 19.5. The van der Waals surface area contributed by atoms with Gasteiger partial charge in [-0.1, -0.05) is 24.3 Å². The summed E-state index contributed by atoms with van der Waals surface area (Å²) in [5.41, 5.74) is 2.45. The molecule has 2 aromatic carbocycles. The lowest BCUT2D eigenvalue weighted by Gasteiger charge is -2.10. The van der Waals surface area contributed by atoms with Gasteiger partial charge in [0.2, 0.25) is 0 Å². The fraction of sp³-hybridized carbons (Fsp3) is 0.0952. The summed E-state index contributed by atoms with van der Waals surface area (Å²) >= 11 is 1.21. The van der Waals surface area contributed by atoms with Crippen molar-refractivity contribution in [2.75, 3.05) is 6.61 Å². The Balaban J connectivity index is 1.57. The number of carbonyl (C=O) groups is 1. The van der Waals surface area contributed by atoms with Crippen molar-refractivity contribution in [3.8, 4) is 0 Å². The maximum absolute atomic E-state index is 13.1. The zero-order valence-electron chi connectivity index (χ0n) is 14.7. The van der Waals surface area contributed by atoms with Crippen LogP contribution in [0.1, 0.15) is 17.2 Å². The molecule has 28 heavy (non-hydrogen) atoms. The molecule has 0 spiro atoms. The molecular formula is C21H16FN3O2S. The summed E-state index contributed by atoms with van der Waals surface area (Å²) in [6.45, 7) is -0.248. The van der Waals surface area contributed by atoms with Gasteiger partial charge in [0.1, 0.15) is 11.9 Å². The number of nitrogens with zero attached hydrogens (tertiary/aromatic N) is 2. The lowest BCUT2D eigenvalue weighted by Crippen LogP contribution is -2.21. The smallest absolute Gasteiger partial charge is 0.264 e. The molecule has 7 heteroatoms. The zero-order valence-corrected chi connectivity index (χ0v) is 15.5. The van der Waals surface area contributed by atoms with Crippen molar-refractivity contribution in [3.05, 3.63) is 82.6 Å². The van der Waals surface area contributed by atoms with Gasteiger partial charge in [0.25, 0.3) is 5.91 Å². The Hall–Kier alpha value is -3.03. The number of aromatic nitrogens is 1. The third-order valence-electron chi connectivity index (χ3n) is 4.28. The standard InChI is InChI=1S/C21H16FN3O2S/c22-16-6-4-14(5-7-16)18(12-26)24-21-25-20(27)19(28-21)11-13-3-8-17-15(10-13)2-1-9-23-17/h1-11,18,26H,12H2,(H,24,25,27)/b19-11-. The molecule has 1 aliphatic heterocycles. The van der Waals surface area contributed by atoms with Crippen LogP contribution in [0.2, 0.25) is 0 Å². The van der Waals surface area contributed by atoms with Gasteiger partial charge in [0, 0.05) is 11.6 Å². The molecule has 0 radical (unpaired) electrons. The highest BCUT2D eigenvalue weighted by atomic mass is 32.2. The Kier molecular flexibility index (Phi) is 5.18. The van der Waals surface area contributed by atoms with E-state index in [1.54, 1.807) is 24.4 Å². The largest absolute Gasteiger partial charge is 0.394 e. The molecule has 0 aliphatic carbocycles. The van der Waals surface area contributed by atoms with Crippen LogP contribution < -0.4 is 5.32 Å². The Morgan fingerprint density at radius 2 is 2.04 bits per heavy atom. The van der Waals surface area contributed by atoms with Gasteiger partial charge in [-0.2, -0.15) is 0 Å². The van der Waals surface area contributed by atoms with E-state index in [0.29, 0.717) is 15.6 Å². The number of carbonyl (C=O) groups excluding carboxylic acids is 1. The number of rotatable bonds is 4. The van der Waals surface area contributed by atoms with Gasteiger partial charge in [-0.15, -0.1) is 0 Å². The lowest BCUT2D eigenvalue weighted by atomic mass is 10.1. The fourth-order valence-electron chi connectivity index (χ4n) is 2.87. The summed E-state index contributed by atoms with van der Waals surface area (Å²) in [5.74, 6) is -0.599. The average molecular weight is 393 g/mol. The number of amidine groups is 1. The molecule has 1 aliphatic rings. The minimum absolute atomic E-state index is 0.245. The van der Waals surface area contributed by atoms with Crippen LogP contribution in [0.4, 0.5) is 4.39 Å². The van der Waals surface area contributed by atoms with Gasteiger partial charge >= 0.3 is 0 Å². The lowest BCUT2D eigenvalue weighted by molar-refractivity contribution is -0.115. The molecule has 1 amide bonds. The summed E-state index contributed by atoms with van der Waals surface area (Å²) in [6.07, 6.45) is 3.53. The van der Waals surface area contributed by atoms with E-state index in [-0.39, 0.29) is 18.3 Å². The quantitative estimate of drug-likeness (QED) is 0.664. The number of aliphatic hydroxyl groups excluding tert-OH is 1. The van der Waals surface area contributed by atoms with Crippen LogP contribution in [0.15, 0.2) is 70.7 Å². The van der Waals surface area contributed by atoms with Gasteiger partial charge in [-0.3, -0.25) is 14.8 Å². The third-order valence-corrected chi connectivity index (χ3v) is 5.20. The van der Waals surface area contributed by atoms with Crippen LogP contribution in [-0.2, 0) is 4.79 Å². The van der Waals surface area contributed by atoms with Crippen molar-refractivity contribution in [1.82, 2.24) is 10.3 Å². The van der Waals surface area contributed by atoms with E-state index in [4.69, 9.17) is 0 Å². The number of amides is 1. The number of thioether (sulfide) groups is 1. The van der Waals surface area contributed by atoms with Gasteiger partial charge < -0.3 is 10.4 Å². The number of benzene rings is 2. The highest BCUT2D eigenvalue weighted by Gasteiger charge is 2.25. The van der Waals surface area contributed by atoms with Crippen LogP contribution >= 0.6 is 11.8 Å². The van der Waals surface area contributed by atoms with Gasteiger partial charge in [-0.25, -0.2) is 4.39 Å². The molecule has 3 aromatic rings. The number of hydrogen-bond donors (Lipinski definition) is 2. The predicted molar refractivity (Wildman–Crippen MR) is 109 cm³/mol. The second-order valence-corrected chi connectivity index (χ2v) is 7.24. The molecule has 2 heterocycles. The van der Waals surface area contributed by atoms with E-state index < -0.39 is 6.04 Å². The van der Waals surface area contributed by atoms with Crippen molar-refractivity contribution in [2.24, 2.45) is 4.99 Å². The van der Waals surface area contributed by atoms with Crippen molar-refractivity contribution in [2.45, 2.75) is 6.04 Å². The highest BCUT2D eigenvalue weighted by molar-refractivity contribution is 8.18. The van der Waals surface area contributed by atoms with E-state index >= 15 is 0 Å². The minimum atomic E-state index is -0.575. The van der Waals surface area contributed by atoms with Crippen molar-refractivity contribution in [1.29, 1.82) is 0 Å². The normalized spacial score (nSPS) is 18.0. The number of aliphatic imine (C=N–C) groups is 1. The Morgan fingerprint density at radius 3 is 2.82 bits per heavy atom. The van der Waals surface area contributed by atoms with Gasteiger partial charge in [-0.05, 0) is 59.3 Å².